The summed E-state index contributed by atoms with van der Waals surface area (Å²) in [6, 6.07) is 28.9. The standard InChI is InChI=1S/C34H33N3O4/c1-2-30(26-8-4-3-5-9-26)34(39)37-18-16-36(17-19-37)22-29-20-32(38)33(24-40-29)41-23-25-12-14-27(15-13-25)31-11-7-6-10-28(31)21-35/h3-15,20,24,30H,2,16-19,22-23H2,1H3. The summed E-state index contributed by atoms with van der Waals surface area (Å²) in [5, 5.41) is 9.35. The Morgan fingerprint density at radius 3 is 2.37 bits per heavy atom. The summed E-state index contributed by atoms with van der Waals surface area (Å²) < 4.78 is 11.5. The summed E-state index contributed by atoms with van der Waals surface area (Å²) >= 11 is 0. The fraction of sp³-hybridized carbons (Fsp3) is 0.265. The maximum absolute atomic E-state index is 13.2. The van der Waals surface area contributed by atoms with Crippen molar-refractivity contribution in [3.63, 3.8) is 0 Å². The van der Waals surface area contributed by atoms with Crippen molar-refractivity contribution in [2.24, 2.45) is 0 Å². The number of carbonyl (C=O) groups is 1. The molecule has 0 bridgehead atoms. The number of ether oxygens (including phenoxy) is 1. The number of rotatable bonds is 9. The van der Waals surface area contributed by atoms with Crippen molar-refractivity contribution >= 4 is 5.91 Å². The molecule has 1 fully saturated rings. The summed E-state index contributed by atoms with van der Waals surface area (Å²) in [6.07, 6.45) is 2.14. The second-order valence-electron chi connectivity index (χ2n) is 10.2. The normalized spacial score (nSPS) is 14.3. The Morgan fingerprint density at radius 1 is 0.976 bits per heavy atom. The van der Waals surface area contributed by atoms with Crippen LogP contribution in [-0.2, 0) is 17.9 Å². The van der Waals surface area contributed by atoms with E-state index in [0.29, 0.717) is 44.0 Å². The highest BCUT2D eigenvalue weighted by atomic mass is 16.5. The number of benzene rings is 3. The Morgan fingerprint density at radius 2 is 1.68 bits per heavy atom. The topological polar surface area (TPSA) is 86.8 Å². The summed E-state index contributed by atoms with van der Waals surface area (Å²) in [6.45, 7) is 5.50. The Labute approximate surface area is 240 Å². The third kappa shape index (κ3) is 6.74. The van der Waals surface area contributed by atoms with E-state index in [-0.39, 0.29) is 29.6 Å². The molecule has 7 nitrogen and oxygen atoms in total. The van der Waals surface area contributed by atoms with Gasteiger partial charge in [0.05, 0.1) is 24.1 Å². The van der Waals surface area contributed by atoms with E-state index in [9.17, 15) is 14.9 Å². The van der Waals surface area contributed by atoms with Gasteiger partial charge in [-0.25, -0.2) is 0 Å². The molecule has 1 aromatic heterocycles. The second kappa shape index (κ2) is 13.1. The molecule has 4 aromatic rings. The van der Waals surface area contributed by atoms with Gasteiger partial charge in [-0.1, -0.05) is 79.7 Å². The first-order valence-corrected chi connectivity index (χ1v) is 13.9. The van der Waals surface area contributed by atoms with Gasteiger partial charge in [-0.15, -0.1) is 0 Å². The molecule has 1 unspecified atom stereocenters. The average Bonchev–Trinajstić information content (AvgIpc) is 3.02. The van der Waals surface area contributed by atoms with E-state index >= 15 is 0 Å². The maximum Gasteiger partial charge on any atom is 0.230 e. The molecule has 41 heavy (non-hydrogen) atoms. The number of hydrogen-bond donors (Lipinski definition) is 0. The lowest BCUT2D eigenvalue weighted by Crippen LogP contribution is -2.49. The van der Waals surface area contributed by atoms with E-state index < -0.39 is 0 Å². The van der Waals surface area contributed by atoms with Gasteiger partial charge in [-0.05, 0) is 34.7 Å². The van der Waals surface area contributed by atoms with Gasteiger partial charge in [0, 0.05) is 32.2 Å². The molecule has 2 heterocycles. The van der Waals surface area contributed by atoms with E-state index in [0.717, 1.165) is 28.7 Å². The van der Waals surface area contributed by atoms with Gasteiger partial charge in [0.25, 0.3) is 0 Å². The van der Waals surface area contributed by atoms with Crippen LogP contribution in [-0.4, -0.2) is 41.9 Å². The molecule has 0 radical (unpaired) electrons. The van der Waals surface area contributed by atoms with Crippen LogP contribution >= 0.6 is 0 Å². The van der Waals surface area contributed by atoms with Crippen LogP contribution in [0.1, 0.15) is 41.7 Å². The van der Waals surface area contributed by atoms with Crippen LogP contribution in [0.3, 0.4) is 0 Å². The molecule has 1 amide bonds. The third-order valence-electron chi connectivity index (χ3n) is 7.53. The van der Waals surface area contributed by atoms with E-state index in [1.165, 1.54) is 12.3 Å². The zero-order chi connectivity index (χ0) is 28.6. The molecular formula is C34H33N3O4. The predicted molar refractivity (Wildman–Crippen MR) is 157 cm³/mol. The van der Waals surface area contributed by atoms with Crippen LogP contribution in [0.25, 0.3) is 11.1 Å². The van der Waals surface area contributed by atoms with Crippen molar-refractivity contribution in [3.05, 3.63) is 124 Å². The molecule has 3 aromatic carbocycles. The van der Waals surface area contributed by atoms with Crippen LogP contribution in [0.4, 0.5) is 0 Å². The third-order valence-corrected chi connectivity index (χ3v) is 7.53. The number of hydrogen-bond acceptors (Lipinski definition) is 6. The summed E-state index contributed by atoms with van der Waals surface area (Å²) in [7, 11) is 0. The van der Waals surface area contributed by atoms with Gasteiger partial charge in [-0.3, -0.25) is 14.5 Å². The van der Waals surface area contributed by atoms with Crippen molar-refractivity contribution in [1.82, 2.24) is 9.80 Å². The fourth-order valence-corrected chi connectivity index (χ4v) is 5.21. The first-order valence-electron chi connectivity index (χ1n) is 13.9. The van der Waals surface area contributed by atoms with Gasteiger partial charge in [-0.2, -0.15) is 5.26 Å². The monoisotopic (exact) mass is 547 g/mol. The molecule has 1 saturated heterocycles. The van der Waals surface area contributed by atoms with E-state index in [2.05, 4.69) is 17.9 Å². The molecule has 7 heteroatoms. The van der Waals surface area contributed by atoms with Gasteiger partial charge in [0.1, 0.15) is 18.6 Å². The number of nitrogens with zero attached hydrogens (tertiary/aromatic N) is 3. The first-order chi connectivity index (χ1) is 20.1. The molecular weight excluding hydrogens is 514 g/mol. The van der Waals surface area contributed by atoms with Gasteiger partial charge < -0.3 is 14.1 Å². The maximum atomic E-state index is 13.2. The first kappa shape index (κ1) is 27.9. The number of amides is 1. The zero-order valence-corrected chi connectivity index (χ0v) is 23.2. The quantitative estimate of drug-likeness (QED) is 0.271. The average molecular weight is 548 g/mol. The number of carbonyl (C=O) groups excluding carboxylic acids is 1. The van der Waals surface area contributed by atoms with Gasteiger partial charge in [0.2, 0.25) is 17.1 Å². The van der Waals surface area contributed by atoms with Gasteiger partial charge >= 0.3 is 0 Å². The van der Waals surface area contributed by atoms with Crippen LogP contribution in [0.5, 0.6) is 5.75 Å². The molecule has 0 saturated carbocycles. The summed E-state index contributed by atoms with van der Waals surface area (Å²) in [5.41, 5.74) is 4.18. The Kier molecular flexibility index (Phi) is 8.92. The van der Waals surface area contributed by atoms with Crippen LogP contribution in [0.2, 0.25) is 0 Å². The van der Waals surface area contributed by atoms with Crippen molar-refractivity contribution < 1.29 is 13.9 Å². The van der Waals surface area contributed by atoms with E-state index in [1.807, 2.05) is 77.7 Å². The zero-order valence-electron chi connectivity index (χ0n) is 23.2. The lowest BCUT2D eigenvalue weighted by atomic mass is 9.95. The van der Waals surface area contributed by atoms with Crippen LogP contribution in [0, 0.1) is 11.3 Å². The van der Waals surface area contributed by atoms with Crippen molar-refractivity contribution in [2.45, 2.75) is 32.4 Å². The molecule has 1 aliphatic rings. The van der Waals surface area contributed by atoms with Crippen molar-refractivity contribution in [3.8, 4) is 22.9 Å². The Hall–Kier alpha value is -4.67. The molecule has 208 valence electrons. The van der Waals surface area contributed by atoms with Crippen molar-refractivity contribution in [2.75, 3.05) is 26.2 Å². The predicted octanol–water partition coefficient (Wildman–Crippen LogP) is 5.60. The summed E-state index contributed by atoms with van der Waals surface area (Å²) in [5.74, 6) is 0.785. The number of piperazine rings is 1. The van der Waals surface area contributed by atoms with Crippen molar-refractivity contribution in [1.29, 1.82) is 5.26 Å². The smallest absolute Gasteiger partial charge is 0.230 e. The lowest BCUT2D eigenvalue weighted by molar-refractivity contribution is -0.134. The molecule has 0 spiro atoms. The lowest BCUT2D eigenvalue weighted by Gasteiger charge is -2.36. The highest BCUT2D eigenvalue weighted by Gasteiger charge is 2.27. The number of nitriles is 1. The van der Waals surface area contributed by atoms with Crippen LogP contribution < -0.4 is 10.2 Å². The minimum Gasteiger partial charge on any atom is -0.482 e. The molecule has 0 aliphatic carbocycles. The van der Waals surface area contributed by atoms with Gasteiger partial charge in [0.15, 0.2) is 0 Å². The minimum atomic E-state index is -0.228. The van der Waals surface area contributed by atoms with Crippen LogP contribution in [0.15, 0.2) is 100 Å². The largest absolute Gasteiger partial charge is 0.482 e. The molecule has 1 aliphatic heterocycles. The second-order valence-corrected chi connectivity index (χ2v) is 10.2. The summed E-state index contributed by atoms with van der Waals surface area (Å²) in [4.78, 5) is 30.0. The SMILES string of the molecule is CCC(C(=O)N1CCN(Cc2cc(=O)c(OCc3ccc(-c4ccccc4C#N)cc3)co2)CC1)c1ccccc1. The molecule has 5 rings (SSSR count). The Bertz CT molecular complexity index is 1570. The minimum absolute atomic E-state index is 0.119. The highest BCUT2D eigenvalue weighted by Crippen LogP contribution is 2.25. The Balaban J connectivity index is 1.12. The van der Waals surface area contributed by atoms with E-state index in [4.69, 9.17) is 9.15 Å². The fourth-order valence-electron chi connectivity index (χ4n) is 5.21. The molecule has 1 atom stereocenters. The molecule has 0 N–H and O–H groups in total. The van der Waals surface area contributed by atoms with E-state index in [1.54, 1.807) is 6.07 Å². The highest BCUT2D eigenvalue weighted by molar-refractivity contribution is 5.83.